The summed E-state index contributed by atoms with van der Waals surface area (Å²) in [5, 5.41) is 0. The Morgan fingerprint density at radius 1 is 1.38 bits per heavy atom. The molecule has 21 heavy (non-hydrogen) atoms. The van der Waals surface area contributed by atoms with Crippen LogP contribution in [0.25, 0.3) is 0 Å². The van der Waals surface area contributed by atoms with Gasteiger partial charge in [0.05, 0.1) is 5.60 Å². The minimum Gasteiger partial charge on any atom is -0.375 e. The second kappa shape index (κ2) is 6.39. The first-order valence-corrected chi connectivity index (χ1v) is 9.25. The molecule has 2 nitrogen and oxygen atoms in total. The van der Waals surface area contributed by atoms with Crippen LogP contribution < -0.4 is 0 Å². The van der Waals surface area contributed by atoms with Crippen LogP contribution in [0.2, 0.25) is 0 Å². The Kier molecular flexibility index (Phi) is 4.71. The van der Waals surface area contributed by atoms with Crippen molar-refractivity contribution in [2.24, 2.45) is 5.92 Å². The zero-order chi connectivity index (χ0) is 14.9. The summed E-state index contributed by atoms with van der Waals surface area (Å²) in [5.41, 5.74) is 0.339. The van der Waals surface area contributed by atoms with E-state index in [1.165, 1.54) is 12.1 Å². The highest BCUT2D eigenvalue weighted by Gasteiger charge is 2.41. The number of rotatable bonds is 2. The van der Waals surface area contributed by atoms with Crippen LogP contribution in [0.4, 0.5) is 4.39 Å². The molecule has 0 aliphatic carbocycles. The second-order valence-corrected chi connectivity index (χ2v) is 7.90. The van der Waals surface area contributed by atoms with E-state index < -0.39 is 0 Å². The first-order chi connectivity index (χ1) is 10.1. The average molecular weight is 373 g/mol. The van der Waals surface area contributed by atoms with E-state index >= 15 is 0 Å². The lowest BCUT2D eigenvalue weighted by molar-refractivity contribution is -0.0959. The van der Waals surface area contributed by atoms with Gasteiger partial charge in [-0.2, -0.15) is 11.8 Å². The van der Waals surface area contributed by atoms with E-state index in [1.807, 2.05) is 11.8 Å². The van der Waals surface area contributed by atoms with Crippen molar-refractivity contribution in [3.05, 3.63) is 34.1 Å². The van der Waals surface area contributed by atoms with Crippen LogP contribution in [-0.2, 0) is 4.74 Å². The molecule has 0 aromatic heterocycles. The molecular formula is C16H18BrFO2S. The number of Topliss-reactive ketones (excluding diaryl/α,β-unsaturated/α-hetero) is 1. The Morgan fingerprint density at radius 3 is 2.90 bits per heavy atom. The van der Waals surface area contributed by atoms with Crippen molar-refractivity contribution in [1.29, 1.82) is 0 Å². The maximum Gasteiger partial charge on any atom is 0.167 e. The molecule has 0 saturated carbocycles. The minimum absolute atomic E-state index is 0.0438. The van der Waals surface area contributed by atoms with Crippen molar-refractivity contribution in [1.82, 2.24) is 0 Å². The van der Waals surface area contributed by atoms with Gasteiger partial charge in [0.15, 0.2) is 5.78 Å². The first kappa shape index (κ1) is 15.5. The number of halogens is 2. The van der Waals surface area contributed by atoms with Gasteiger partial charge in [-0.25, -0.2) is 4.39 Å². The van der Waals surface area contributed by atoms with Crippen LogP contribution in [-0.4, -0.2) is 29.5 Å². The summed E-state index contributed by atoms with van der Waals surface area (Å²) in [6, 6.07) is 4.31. The third kappa shape index (κ3) is 3.35. The van der Waals surface area contributed by atoms with Crippen molar-refractivity contribution in [3.8, 4) is 0 Å². The molecule has 3 rings (SSSR count). The second-order valence-electron chi connectivity index (χ2n) is 5.82. The number of carbonyl (C=O) groups is 1. The van der Waals surface area contributed by atoms with Gasteiger partial charge in [0, 0.05) is 22.6 Å². The van der Waals surface area contributed by atoms with E-state index in [-0.39, 0.29) is 23.1 Å². The van der Waals surface area contributed by atoms with E-state index in [2.05, 4.69) is 15.9 Å². The number of hydrogen-bond acceptors (Lipinski definition) is 3. The topological polar surface area (TPSA) is 26.3 Å². The standard InChI is InChI=1S/C16H18BrFO2S/c17-14-2-1-12(18)9-13(14)15(19)11-3-6-20-16(10-11)4-7-21-8-5-16/h1-2,9,11H,3-8,10H2. The Morgan fingerprint density at radius 2 is 2.14 bits per heavy atom. The van der Waals surface area contributed by atoms with Gasteiger partial charge in [0.2, 0.25) is 0 Å². The molecule has 0 amide bonds. The highest BCUT2D eigenvalue weighted by Crippen LogP contribution is 2.41. The van der Waals surface area contributed by atoms with E-state index in [9.17, 15) is 9.18 Å². The summed E-state index contributed by atoms with van der Waals surface area (Å²) in [4.78, 5) is 12.7. The zero-order valence-corrected chi connectivity index (χ0v) is 14.1. The van der Waals surface area contributed by atoms with E-state index in [4.69, 9.17) is 4.74 Å². The molecule has 1 aromatic carbocycles. The van der Waals surface area contributed by atoms with Crippen LogP contribution in [0.1, 0.15) is 36.0 Å². The minimum atomic E-state index is -0.364. The number of hydrogen-bond donors (Lipinski definition) is 0. The van der Waals surface area contributed by atoms with Crippen molar-refractivity contribution < 1.29 is 13.9 Å². The summed E-state index contributed by atoms with van der Waals surface area (Å²) >= 11 is 5.31. The summed E-state index contributed by atoms with van der Waals surface area (Å²) in [6.45, 7) is 0.633. The van der Waals surface area contributed by atoms with Gasteiger partial charge < -0.3 is 4.74 Å². The van der Waals surface area contributed by atoms with Crippen molar-refractivity contribution in [3.63, 3.8) is 0 Å². The summed E-state index contributed by atoms with van der Waals surface area (Å²) in [5.74, 6) is 1.83. The Balaban J connectivity index is 1.79. The Labute approximate surface area is 137 Å². The quantitative estimate of drug-likeness (QED) is 0.716. The molecule has 114 valence electrons. The van der Waals surface area contributed by atoms with Crippen LogP contribution >= 0.6 is 27.7 Å². The summed E-state index contributed by atoms with van der Waals surface area (Å²) < 4.78 is 20.1. The molecule has 2 aliphatic rings. The van der Waals surface area contributed by atoms with E-state index in [0.717, 1.165) is 37.2 Å². The van der Waals surface area contributed by atoms with Gasteiger partial charge in [-0.1, -0.05) is 15.9 Å². The van der Waals surface area contributed by atoms with Crippen LogP contribution in [0.3, 0.4) is 0 Å². The SMILES string of the molecule is O=C(c1cc(F)ccc1Br)C1CCOC2(CCSCC2)C1. The maximum absolute atomic E-state index is 13.4. The molecule has 1 aromatic rings. The first-order valence-electron chi connectivity index (χ1n) is 7.31. The molecule has 5 heteroatoms. The van der Waals surface area contributed by atoms with Gasteiger partial charge in [0.1, 0.15) is 5.82 Å². The monoisotopic (exact) mass is 372 g/mol. The smallest absolute Gasteiger partial charge is 0.167 e. The van der Waals surface area contributed by atoms with Crippen LogP contribution in [0.15, 0.2) is 22.7 Å². The molecule has 0 radical (unpaired) electrons. The Bertz CT molecular complexity index is 538. The number of ether oxygens (including phenoxy) is 1. The highest BCUT2D eigenvalue weighted by molar-refractivity contribution is 9.10. The van der Waals surface area contributed by atoms with E-state index in [0.29, 0.717) is 16.6 Å². The lowest BCUT2D eigenvalue weighted by Crippen LogP contribution is -2.44. The summed E-state index contributed by atoms with van der Waals surface area (Å²) in [7, 11) is 0. The van der Waals surface area contributed by atoms with Gasteiger partial charge in [-0.15, -0.1) is 0 Å². The molecule has 1 unspecified atom stereocenters. The number of carbonyl (C=O) groups excluding carboxylic acids is 1. The molecule has 1 atom stereocenters. The molecule has 2 saturated heterocycles. The lowest BCUT2D eigenvalue weighted by atomic mass is 9.79. The van der Waals surface area contributed by atoms with Crippen molar-refractivity contribution in [2.75, 3.05) is 18.1 Å². The van der Waals surface area contributed by atoms with Crippen LogP contribution in [0.5, 0.6) is 0 Å². The zero-order valence-electron chi connectivity index (χ0n) is 11.7. The largest absolute Gasteiger partial charge is 0.375 e. The van der Waals surface area contributed by atoms with Gasteiger partial charge in [0.25, 0.3) is 0 Å². The predicted molar refractivity (Wildman–Crippen MR) is 86.4 cm³/mol. The van der Waals surface area contributed by atoms with Crippen LogP contribution in [0, 0.1) is 11.7 Å². The fourth-order valence-corrected chi connectivity index (χ4v) is 4.93. The molecule has 2 heterocycles. The third-order valence-corrected chi connectivity index (χ3v) is 6.14. The number of ketones is 1. The summed E-state index contributed by atoms with van der Waals surface area (Å²) in [6.07, 6.45) is 3.55. The number of thioether (sulfide) groups is 1. The van der Waals surface area contributed by atoms with Gasteiger partial charge in [-0.05, 0) is 55.4 Å². The highest BCUT2D eigenvalue weighted by atomic mass is 79.9. The lowest BCUT2D eigenvalue weighted by Gasteiger charge is -2.43. The average Bonchev–Trinajstić information content (AvgIpc) is 2.50. The predicted octanol–water partition coefficient (Wildman–Crippen LogP) is 4.46. The molecule has 0 bridgehead atoms. The maximum atomic E-state index is 13.4. The number of benzene rings is 1. The Hall–Kier alpha value is -0.390. The molecule has 2 fully saturated rings. The van der Waals surface area contributed by atoms with Crippen molar-refractivity contribution in [2.45, 2.75) is 31.3 Å². The normalized spacial score (nSPS) is 25.0. The molecule has 1 spiro atoms. The molecular weight excluding hydrogens is 355 g/mol. The third-order valence-electron chi connectivity index (χ3n) is 4.46. The molecule has 0 N–H and O–H groups in total. The fraction of sp³-hybridized carbons (Fsp3) is 0.562. The fourth-order valence-electron chi connectivity index (χ4n) is 3.25. The van der Waals surface area contributed by atoms with E-state index in [1.54, 1.807) is 6.07 Å². The molecule has 2 aliphatic heterocycles. The van der Waals surface area contributed by atoms with Gasteiger partial charge >= 0.3 is 0 Å². The van der Waals surface area contributed by atoms with Crippen molar-refractivity contribution >= 4 is 33.5 Å². The van der Waals surface area contributed by atoms with Gasteiger partial charge in [-0.3, -0.25) is 4.79 Å².